The van der Waals surface area contributed by atoms with Crippen LogP contribution in [0.5, 0.6) is 11.5 Å². The first-order valence-electron chi connectivity index (χ1n) is 8.55. The van der Waals surface area contributed by atoms with E-state index in [1.54, 1.807) is 30.0 Å². The van der Waals surface area contributed by atoms with E-state index >= 15 is 0 Å². The van der Waals surface area contributed by atoms with Crippen LogP contribution in [0.1, 0.15) is 27.9 Å². The molecule has 0 aliphatic rings. The van der Waals surface area contributed by atoms with Crippen LogP contribution in [0.2, 0.25) is 0 Å². The van der Waals surface area contributed by atoms with Gasteiger partial charge in [-0.1, -0.05) is 6.07 Å². The first kappa shape index (κ1) is 20.8. The van der Waals surface area contributed by atoms with Gasteiger partial charge < -0.3 is 14.2 Å². The van der Waals surface area contributed by atoms with Crippen LogP contribution < -0.4 is 9.47 Å². The van der Waals surface area contributed by atoms with Crippen molar-refractivity contribution in [2.75, 3.05) is 26.6 Å². The normalized spacial score (nSPS) is 10.4. The van der Waals surface area contributed by atoms with Crippen LogP contribution in [0, 0.1) is 13.8 Å². The molecule has 0 unspecified atom stereocenters. The Balaban J connectivity index is 1.81. The Bertz CT molecular complexity index is 816. The molecular weight excluding hydrogens is 364 g/mol. The summed E-state index contributed by atoms with van der Waals surface area (Å²) in [6.07, 6.45) is 0.241. The zero-order valence-electron chi connectivity index (χ0n) is 16.0. The second-order valence-electron chi connectivity index (χ2n) is 5.99. The Kier molecular flexibility index (Phi) is 7.73. The number of rotatable bonds is 9. The van der Waals surface area contributed by atoms with Crippen molar-refractivity contribution in [1.29, 1.82) is 0 Å². The van der Waals surface area contributed by atoms with E-state index in [4.69, 9.17) is 14.2 Å². The van der Waals surface area contributed by atoms with Crippen LogP contribution in [0.25, 0.3) is 0 Å². The molecule has 0 radical (unpaired) electrons. The molecule has 0 N–H and O–H groups in total. The molecule has 0 atom stereocenters. The van der Waals surface area contributed by atoms with Crippen molar-refractivity contribution >= 4 is 23.5 Å². The molecule has 144 valence electrons. The lowest BCUT2D eigenvalue weighted by Crippen LogP contribution is -2.15. The average molecular weight is 388 g/mol. The standard InChI is InChI=1S/C21H24O5S/c1-14-5-7-17(11-15(14)2)27-10-9-21(23)26-13-19(22)18-8-6-16(24-3)12-20(18)25-4/h5-8,11-12H,9-10,13H2,1-4H3. The van der Waals surface area contributed by atoms with E-state index in [1.165, 1.54) is 25.3 Å². The second-order valence-corrected chi connectivity index (χ2v) is 7.16. The minimum atomic E-state index is -0.396. The number of Topliss-reactive ketones (excluding diaryl/α,β-unsaturated/α-hetero) is 1. The molecule has 6 heteroatoms. The molecule has 0 aliphatic carbocycles. The molecular formula is C21H24O5S. The van der Waals surface area contributed by atoms with Crippen LogP contribution in [0.15, 0.2) is 41.3 Å². The fourth-order valence-electron chi connectivity index (χ4n) is 2.38. The van der Waals surface area contributed by atoms with Gasteiger partial charge in [0.25, 0.3) is 0 Å². The van der Waals surface area contributed by atoms with E-state index in [9.17, 15) is 9.59 Å². The number of methoxy groups -OCH3 is 2. The van der Waals surface area contributed by atoms with E-state index < -0.39 is 5.97 Å². The van der Waals surface area contributed by atoms with Gasteiger partial charge in [-0.25, -0.2) is 0 Å². The molecule has 0 fully saturated rings. The summed E-state index contributed by atoms with van der Waals surface area (Å²) < 4.78 is 15.4. The fraction of sp³-hybridized carbons (Fsp3) is 0.333. The van der Waals surface area contributed by atoms with Gasteiger partial charge in [0.1, 0.15) is 11.5 Å². The van der Waals surface area contributed by atoms with Gasteiger partial charge in [-0.05, 0) is 49.2 Å². The van der Waals surface area contributed by atoms with Gasteiger partial charge >= 0.3 is 5.97 Å². The number of ether oxygens (including phenoxy) is 3. The number of thioether (sulfide) groups is 1. The highest BCUT2D eigenvalue weighted by Gasteiger charge is 2.15. The van der Waals surface area contributed by atoms with E-state index in [1.807, 2.05) is 6.07 Å². The molecule has 0 saturated heterocycles. The van der Waals surface area contributed by atoms with E-state index in [2.05, 4.69) is 26.0 Å². The SMILES string of the molecule is COc1ccc(C(=O)COC(=O)CCSc2ccc(C)c(C)c2)c(OC)c1. The molecule has 0 amide bonds. The van der Waals surface area contributed by atoms with Crippen molar-refractivity contribution in [2.45, 2.75) is 25.2 Å². The molecule has 0 aromatic heterocycles. The lowest BCUT2D eigenvalue weighted by atomic mass is 10.1. The van der Waals surface area contributed by atoms with Gasteiger partial charge in [-0.15, -0.1) is 11.8 Å². The van der Waals surface area contributed by atoms with Crippen LogP contribution >= 0.6 is 11.8 Å². The summed E-state index contributed by atoms with van der Waals surface area (Å²) in [7, 11) is 3.01. The number of ketones is 1. The van der Waals surface area contributed by atoms with Gasteiger partial charge in [-0.2, -0.15) is 0 Å². The summed E-state index contributed by atoms with van der Waals surface area (Å²) in [6, 6.07) is 11.1. The predicted octanol–water partition coefficient (Wildman–Crippen LogP) is 4.23. The smallest absolute Gasteiger partial charge is 0.307 e. The molecule has 0 aliphatic heterocycles. The van der Waals surface area contributed by atoms with Crippen molar-refractivity contribution in [3.8, 4) is 11.5 Å². The van der Waals surface area contributed by atoms with E-state index in [0.29, 0.717) is 22.8 Å². The number of hydrogen-bond donors (Lipinski definition) is 0. The monoisotopic (exact) mass is 388 g/mol. The van der Waals surface area contributed by atoms with Crippen molar-refractivity contribution in [2.24, 2.45) is 0 Å². The van der Waals surface area contributed by atoms with E-state index in [-0.39, 0.29) is 18.8 Å². The highest BCUT2D eigenvalue weighted by atomic mass is 32.2. The first-order chi connectivity index (χ1) is 12.9. The fourth-order valence-corrected chi connectivity index (χ4v) is 3.31. The molecule has 0 saturated carbocycles. The van der Waals surface area contributed by atoms with Crippen molar-refractivity contribution in [1.82, 2.24) is 0 Å². The van der Waals surface area contributed by atoms with E-state index in [0.717, 1.165) is 4.90 Å². The number of esters is 1. The third-order valence-electron chi connectivity index (χ3n) is 4.13. The Labute approximate surface area is 164 Å². The Morgan fingerprint density at radius 1 is 0.963 bits per heavy atom. The molecule has 0 heterocycles. The summed E-state index contributed by atoms with van der Waals surface area (Å²) in [5.74, 6) is 0.864. The highest BCUT2D eigenvalue weighted by Crippen LogP contribution is 2.25. The Hall–Kier alpha value is -2.47. The summed E-state index contributed by atoms with van der Waals surface area (Å²) in [5, 5.41) is 0. The van der Waals surface area contributed by atoms with Crippen LogP contribution in [-0.4, -0.2) is 38.3 Å². The molecule has 2 rings (SSSR count). The first-order valence-corrected chi connectivity index (χ1v) is 9.54. The second kappa shape index (κ2) is 10.0. The lowest BCUT2D eigenvalue weighted by Gasteiger charge is -2.10. The average Bonchev–Trinajstić information content (AvgIpc) is 2.68. The zero-order chi connectivity index (χ0) is 19.8. The molecule has 2 aromatic rings. The van der Waals surface area contributed by atoms with Gasteiger partial charge in [-0.3, -0.25) is 9.59 Å². The summed E-state index contributed by atoms with van der Waals surface area (Å²) in [4.78, 5) is 25.3. The molecule has 5 nitrogen and oxygen atoms in total. The van der Waals surface area contributed by atoms with Crippen molar-refractivity contribution < 1.29 is 23.8 Å². The lowest BCUT2D eigenvalue weighted by molar-refractivity contribution is -0.141. The Morgan fingerprint density at radius 3 is 2.41 bits per heavy atom. The number of carbonyl (C=O) groups is 2. The molecule has 2 aromatic carbocycles. The van der Waals surface area contributed by atoms with Crippen molar-refractivity contribution in [3.05, 3.63) is 53.1 Å². The van der Waals surface area contributed by atoms with Gasteiger partial charge in [0.2, 0.25) is 5.78 Å². The van der Waals surface area contributed by atoms with Gasteiger partial charge in [0.15, 0.2) is 6.61 Å². The van der Waals surface area contributed by atoms with Crippen LogP contribution in [0.3, 0.4) is 0 Å². The van der Waals surface area contributed by atoms with Gasteiger partial charge in [0, 0.05) is 16.7 Å². The maximum absolute atomic E-state index is 12.3. The molecule has 27 heavy (non-hydrogen) atoms. The quantitative estimate of drug-likeness (QED) is 0.364. The zero-order valence-corrected chi connectivity index (χ0v) is 16.9. The summed E-state index contributed by atoms with van der Waals surface area (Å²) in [5.41, 5.74) is 2.82. The number of carbonyl (C=O) groups excluding carboxylic acids is 2. The number of aryl methyl sites for hydroxylation is 2. The number of benzene rings is 2. The van der Waals surface area contributed by atoms with Crippen LogP contribution in [-0.2, 0) is 9.53 Å². The maximum atomic E-state index is 12.3. The topological polar surface area (TPSA) is 61.8 Å². The summed E-state index contributed by atoms with van der Waals surface area (Å²) in [6.45, 7) is 3.82. The predicted molar refractivity (Wildman–Crippen MR) is 106 cm³/mol. The Morgan fingerprint density at radius 2 is 1.74 bits per heavy atom. The largest absolute Gasteiger partial charge is 0.497 e. The number of hydrogen-bond acceptors (Lipinski definition) is 6. The van der Waals surface area contributed by atoms with Crippen LogP contribution in [0.4, 0.5) is 0 Å². The maximum Gasteiger partial charge on any atom is 0.307 e. The summed E-state index contributed by atoms with van der Waals surface area (Å²) >= 11 is 1.59. The third-order valence-corrected chi connectivity index (χ3v) is 5.12. The minimum Gasteiger partial charge on any atom is -0.497 e. The third kappa shape index (κ3) is 6.03. The highest BCUT2D eigenvalue weighted by molar-refractivity contribution is 7.99. The molecule has 0 spiro atoms. The molecule has 0 bridgehead atoms. The van der Waals surface area contributed by atoms with Crippen molar-refractivity contribution in [3.63, 3.8) is 0 Å². The van der Waals surface area contributed by atoms with Gasteiger partial charge in [0.05, 0.1) is 26.2 Å². The minimum absolute atomic E-state index is 0.241.